The highest BCUT2D eigenvalue weighted by Gasteiger charge is 2.26. The average Bonchev–Trinajstić information content (AvgIpc) is 3.15. The molecular weight excluding hydrogens is 298 g/mol. The normalized spacial score (nSPS) is 17.7. The number of aromatic nitrogens is 2. The molecule has 1 atom stereocenters. The first kappa shape index (κ1) is 15.2. The molecule has 22 heavy (non-hydrogen) atoms. The monoisotopic (exact) mass is 319 g/mol. The number of thiazole rings is 1. The largest absolute Gasteiger partial charge is 0.393 e. The molecule has 5 nitrogen and oxygen atoms in total. The number of nitrogens with zero attached hydrogens (tertiary/aromatic N) is 2. The molecule has 1 aliphatic rings. The van der Waals surface area contributed by atoms with Crippen LogP contribution in [0, 0.1) is 12.8 Å². The Balaban J connectivity index is 1.67. The number of hydrogen-bond donors (Lipinski definition) is 2. The van der Waals surface area contributed by atoms with Crippen molar-refractivity contribution in [3.63, 3.8) is 0 Å². The molecule has 0 radical (unpaired) electrons. The van der Waals surface area contributed by atoms with Gasteiger partial charge >= 0.3 is 0 Å². The van der Waals surface area contributed by atoms with Crippen molar-refractivity contribution in [2.24, 2.45) is 5.92 Å². The highest BCUT2D eigenvalue weighted by Crippen LogP contribution is 2.25. The smallest absolute Gasteiger partial charge is 0.270 e. The van der Waals surface area contributed by atoms with Gasteiger partial charge in [-0.15, -0.1) is 11.3 Å². The molecule has 3 heterocycles. The summed E-state index contributed by atoms with van der Waals surface area (Å²) >= 11 is 1.60. The van der Waals surface area contributed by atoms with Crippen LogP contribution in [-0.4, -0.2) is 45.1 Å². The van der Waals surface area contributed by atoms with Gasteiger partial charge in [0.05, 0.1) is 16.8 Å². The van der Waals surface area contributed by atoms with Gasteiger partial charge < -0.3 is 15.0 Å². The first-order valence-corrected chi connectivity index (χ1v) is 8.51. The summed E-state index contributed by atoms with van der Waals surface area (Å²) in [5, 5.41) is 12.7. The SMILES string of the molecule is Cc1nc(-c2c[nH]c(C(=O)N3CCC(C(C)O)CC3)c2)cs1. The van der Waals surface area contributed by atoms with Crippen LogP contribution >= 0.6 is 11.3 Å². The maximum Gasteiger partial charge on any atom is 0.270 e. The number of rotatable bonds is 3. The Kier molecular flexibility index (Phi) is 4.31. The van der Waals surface area contributed by atoms with Crippen LogP contribution in [0.3, 0.4) is 0 Å². The van der Waals surface area contributed by atoms with Crippen molar-refractivity contribution in [2.75, 3.05) is 13.1 Å². The third-order valence-corrected chi connectivity index (χ3v) is 5.11. The molecule has 0 spiro atoms. The van der Waals surface area contributed by atoms with Crippen molar-refractivity contribution in [1.82, 2.24) is 14.9 Å². The van der Waals surface area contributed by atoms with Crippen molar-refractivity contribution in [3.05, 3.63) is 28.3 Å². The van der Waals surface area contributed by atoms with E-state index < -0.39 is 0 Å². The minimum atomic E-state index is -0.290. The topological polar surface area (TPSA) is 69.2 Å². The van der Waals surface area contributed by atoms with Gasteiger partial charge in [-0.05, 0) is 38.7 Å². The number of aliphatic hydroxyl groups is 1. The fourth-order valence-electron chi connectivity index (χ4n) is 2.92. The standard InChI is InChI=1S/C16H21N3O2S/c1-10(20)12-3-5-19(6-4-12)16(21)14-7-13(8-17-14)15-9-22-11(2)18-15/h7-10,12,17,20H,3-6H2,1-2H3. The number of carbonyl (C=O) groups excluding carboxylic acids is 1. The van der Waals surface area contributed by atoms with E-state index in [1.165, 1.54) is 0 Å². The van der Waals surface area contributed by atoms with Crippen LogP contribution in [0.15, 0.2) is 17.6 Å². The van der Waals surface area contributed by atoms with Crippen LogP contribution in [0.2, 0.25) is 0 Å². The molecule has 2 aromatic heterocycles. The van der Waals surface area contributed by atoms with Crippen LogP contribution in [0.1, 0.15) is 35.3 Å². The number of nitrogens with one attached hydrogen (secondary N) is 1. The number of piperidine rings is 1. The summed E-state index contributed by atoms with van der Waals surface area (Å²) in [4.78, 5) is 21.9. The Morgan fingerprint density at radius 1 is 1.50 bits per heavy atom. The Bertz CT molecular complexity index is 654. The first-order valence-electron chi connectivity index (χ1n) is 7.63. The van der Waals surface area contributed by atoms with Crippen molar-refractivity contribution in [1.29, 1.82) is 0 Å². The van der Waals surface area contributed by atoms with Gasteiger partial charge in [-0.2, -0.15) is 0 Å². The van der Waals surface area contributed by atoms with Crippen LogP contribution in [-0.2, 0) is 0 Å². The Morgan fingerprint density at radius 3 is 2.82 bits per heavy atom. The number of carbonyl (C=O) groups is 1. The Hall–Kier alpha value is -1.66. The predicted octanol–water partition coefficient (Wildman–Crippen LogP) is 2.68. The summed E-state index contributed by atoms with van der Waals surface area (Å²) in [5.74, 6) is 0.337. The lowest BCUT2D eigenvalue weighted by Gasteiger charge is -2.33. The lowest BCUT2D eigenvalue weighted by atomic mass is 9.92. The molecule has 1 unspecified atom stereocenters. The van der Waals surface area contributed by atoms with Crippen LogP contribution in [0.5, 0.6) is 0 Å². The summed E-state index contributed by atoms with van der Waals surface area (Å²) in [7, 11) is 0. The van der Waals surface area contributed by atoms with Gasteiger partial charge in [0.2, 0.25) is 0 Å². The van der Waals surface area contributed by atoms with E-state index in [9.17, 15) is 9.90 Å². The molecule has 0 aromatic carbocycles. The zero-order valence-electron chi connectivity index (χ0n) is 12.9. The van der Waals surface area contributed by atoms with Crippen LogP contribution < -0.4 is 0 Å². The van der Waals surface area contributed by atoms with Gasteiger partial charge in [-0.1, -0.05) is 0 Å². The van der Waals surface area contributed by atoms with Crippen LogP contribution in [0.4, 0.5) is 0 Å². The molecule has 1 fully saturated rings. The Labute approximate surface area is 134 Å². The van der Waals surface area contributed by atoms with E-state index in [4.69, 9.17) is 0 Å². The zero-order chi connectivity index (χ0) is 15.7. The lowest BCUT2D eigenvalue weighted by molar-refractivity contribution is 0.0517. The number of hydrogen-bond acceptors (Lipinski definition) is 4. The number of H-pyrrole nitrogens is 1. The van der Waals surface area contributed by atoms with E-state index in [1.54, 1.807) is 11.3 Å². The number of aromatic amines is 1. The summed E-state index contributed by atoms with van der Waals surface area (Å²) < 4.78 is 0. The van der Waals surface area contributed by atoms with Crippen molar-refractivity contribution < 1.29 is 9.90 Å². The number of aryl methyl sites for hydroxylation is 1. The second-order valence-electron chi connectivity index (χ2n) is 5.92. The fourth-order valence-corrected chi connectivity index (χ4v) is 3.54. The molecule has 0 aliphatic carbocycles. The molecule has 0 saturated carbocycles. The average molecular weight is 319 g/mol. The number of aliphatic hydroxyl groups excluding tert-OH is 1. The van der Waals surface area contributed by atoms with Gasteiger partial charge in [-0.3, -0.25) is 4.79 Å². The van der Waals surface area contributed by atoms with E-state index in [-0.39, 0.29) is 12.0 Å². The molecule has 3 rings (SSSR count). The number of amides is 1. The van der Waals surface area contributed by atoms with Gasteiger partial charge in [0.15, 0.2) is 0 Å². The van der Waals surface area contributed by atoms with E-state index >= 15 is 0 Å². The fraction of sp³-hybridized carbons (Fsp3) is 0.500. The molecule has 2 N–H and O–H groups in total. The highest BCUT2D eigenvalue weighted by molar-refractivity contribution is 7.09. The van der Waals surface area contributed by atoms with Gasteiger partial charge in [0, 0.05) is 30.2 Å². The minimum absolute atomic E-state index is 0.0299. The molecule has 6 heteroatoms. The molecular formula is C16H21N3O2S. The molecule has 1 aliphatic heterocycles. The summed E-state index contributed by atoms with van der Waals surface area (Å²) in [5.41, 5.74) is 2.47. The summed E-state index contributed by atoms with van der Waals surface area (Å²) in [6, 6.07) is 1.87. The third-order valence-electron chi connectivity index (χ3n) is 4.34. The predicted molar refractivity (Wildman–Crippen MR) is 86.9 cm³/mol. The maximum atomic E-state index is 12.5. The second kappa shape index (κ2) is 6.22. The van der Waals surface area contributed by atoms with E-state index in [2.05, 4.69) is 9.97 Å². The van der Waals surface area contributed by atoms with Crippen molar-refractivity contribution in [2.45, 2.75) is 32.8 Å². The van der Waals surface area contributed by atoms with Crippen molar-refractivity contribution in [3.8, 4) is 11.3 Å². The number of likely N-dealkylation sites (tertiary alicyclic amines) is 1. The first-order chi connectivity index (χ1) is 10.5. The summed E-state index contributed by atoms with van der Waals surface area (Å²) in [6.45, 7) is 5.21. The molecule has 118 valence electrons. The molecule has 1 saturated heterocycles. The molecule has 1 amide bonds. The lowest BCUT2D eigenvalue weighted by Crippen LogP contribution is -2.40. The minimum Gasteiger partial charge on any atom is -0.393 e. The summed E-state index contributed by atoms with van der Waals surface area (Å²) in [6.07, 6.45) is 3.27. The van der Waals surface area contributed by atoms with Crippen molar-refractivity contribution >= 4 is 17.2 Å². The van der Waals surface area contributed by atoms with Gasteiger partial charge in [-0.25, -0.2) is 4.98 Å². The quantitative estimate of drug-likeness (QED) is 0.914. The maximum absolute atomic E-state index is 12.5. The Morgan fingerprint density at radius 2 is 2.23 bits per heavy atom. The van der Waals surface area contributed by atoms with Crippen LogP contribution in [0.25, 0.3) is 11.3 Å². The third kappa shape index (κ3) is 3.08. The second-order valence-corrected chi connectivity index (χ2v) is 6.99. The molecule has 0 bridgehead atoms. The van der Waals surface area contributed by atoms with E-state index in [1.807, 2.05) is 36.4 Å². The molecule has 2 aromatic rings. The van der Waals surface area contributed by atoms with E-state index in [0.717, 1.165) is 29.1 Å². The highest BCUT2D eigenvalue weighted by atomic mass is 32.1. The van der Waals surface area contributed by atoms with Gasteiger partial charge in [0.1, 0.15) is 5.69 Å². The van der Waals surface area contributed by atoms with Gasteiger partial charge in [0.25, 0.3) is 5.91 Å². The zero-order valence-corrected chi connectivity index (χ0v) is 13.7. The van der Waals surface area contributed by atoms with E-state index in [0.29, 0.717) is 24.7 Å².